The van der Waals surface area contributed by atoms with Crippen LogP contribution in [0.4, 0.5) is 0 Å². The van der Waals surface area contributed by atoms with E-state index in [1.54, 1.807) is 13.0 Å². The minimum Gasteiger partial charge on any atom is -0.460 e. The van der Waals surface area contributed by atoms with Crippen LogP contribution in [0.2, 0.25) is 5.02 Å². The summed E-state index contributed by atoms with van der Waals surface area (Å²) in [6, 6.07) is 9.44. The number of hydrogen-bond acceptors (Lipinski definition) is 6. The summed E-state index contributed by atoms with van der Waals surface area (Å²) in [5.74, 6) is -1.06. The summed E-state index contributed by atoms with van der Waals surface area (Å²) >= 11 is 7.78. The number of dihydropyridines is 1. The molecule has 2 rings (SSSR count). The molecule has 1 aromatic rings. The van der Waals surface area contributed by atoms with Gasteiger partial charge in [-0.2, -0.15) is 5.26 Å². The van der Waals surface area contributed by atoms with Gasteiger partial charge in [-0.15, -0.1) is 11.8 Å². The second-order valence-electron chi connectivity index (χ2n) is 5.31. The molecule has 25 heavy (non-hydrogen) atoms. The summed E-state index contributed by atoms with van der Waals surface area (Å²) in [7, 11) is 1.54. The van der Waals surface area contributed by atoms with Crippen LogP contribution in [0.3, 0.4) is 0 Å². The highest BCUT2D eigenvalue weighted by molar-refractivity contribution is 8.02. The third kappa shape index (κ3) is 4.18. The van der Waals surface area contributed by atoms with Crippen LogP contribution in [0.25, 0.3) is 0 Å². The molecule has 0 spiro atoms. The number of nitrogens with zero attached hydrogens (tertiary/aromatic N) is 1. The highest BCUT2D eigenvalue weighted by Gasteiger charge is 2.36. The fraction of sp³-hybridized carbons (Fsp3) is 0.333. The van der Waals surface area contributed by atoms with Crippen molar-refractivity contribution < 1.29 is 14.3 Å². The molecule has 0 saturated heterocycles. The fourth-order valence-corrected chi connectivity index (χ4v) is 3.54. The number of halogens is 1. The lowest BCUT2D eigenvalue weighted by atomic mass is 9.82. The molecule has 0 unspecified atom stereocenters. The molecule has 1 aliphatic rings. The van der Waals surface area contributed by atoms with E-state index < -0.39 is 11.9 Å². The zero-order valence-corrected chi connectivity index (χ0v) is 15.8. The van der Waals surface area contributed by atoms with Crippen LogP contribution in [0.1, 0.15) is 18.4 Å². The highest BCUT2D eigenvalue weighted by atomic mass is 35.5. The Hall–Kier alpha value is -1.94. The number of benzene rings is 1. The van der Waals surface area contributed by atoms with Gasteiger partial charge < -0.3 is 14.8 Å². The van der Waals surface area contributed by atoms with Crippen LogP contribution in [-0.2, 0) is 14.3 Å². The minimum absolute atomic E-state index is 0.141. The first-order valence-electron chi connectivity index (χ1n) is 7.61. The highest BCUT2D eigenvalue weighted by Crippen LogP contribution is 2.42. The van der Waals surface area contributed by atoms with Gasteiger partial charge in [0.05, 0.1) is 34.8 Å². The van der Waals surface area contributed by atoms with Crippen molar-refractivity contribution in [3.63, 3.8) is 0 Å². The maximum absolute atomic E-state index is 12.7. The van der Waals surface area contributed by atoms with E-state index in [0.717, 1.165) is 0 Å². The van der Waals surface area contributed by atoms with Gasteiger partial charge in [-0.1, -0.05) is 29.8 Å². The van der Waals surface area contributed by atoms with Crippen LogP contribution in [-0.4, -0.2) is 32.5 Å². The number of nitrogens with one attached hydrogen (secondary N) is 1. The molecule has 0 bridgehead atoms. The van der Waals surface area contributed by atoms with Gasteiger partial charge in [0.2, 0.25) is 0 Å². The Balaban J connectivity index is 2.53. The second-order valence-corrected chi connectivity index (χ2v) is 6.53. The van der Waals surface area contributed by atoms with Crippen LogP contribution in [0, 0.1) is 11.3 Å². The molecule has 5 nitrogen and oxygen atoms in total. The van der Waals surface area contributed by atoms with Gasteiger partial charge >= 0.3 is 5.97 Å². The molecule has 0 aliphatic carbocycles. The van der Waals surface area contributed by atoms with Crippen molar-refractivity contribution in [1.29, 1.82) is 5.26 Å². The van der Waals surface area contributed by atoms with Crippen molar-refractivity contribution in [2.24, 2.45) is 0 Å². The number of ether oxygens (including phenoxy) is 2. The fourth-order valence-electron chi connectivity index (χ4n) is 2.66. The number of hydrogen-bond donors (Lipinski definition) is 1. The van der Waals surface area contributed by atoms with Crippen molar-refractivity contribution >= 4 is 29.3 Å². The van der Waals surface area contributed by atoms with E-state index >= 15 is 0 Å². The van der Waals surface area contributed by atoms with Crippen molar-refractivity contribution in [3.8, 4) is 6.07 Å². The SMILES string of the molecule is COCCOC(=O)C1=C(C)NC(SC)=C(C#N)[C@H]1c1ccccc1Cl. The van der Waals surface area contributed by atoms with Gasteiger partial charge in [0, 0.05) is 17.8 Å². The molecular weight excluding hydrogens is 360 g/mol. The lowest BCUT2D eigenvalue weighted by molar-refractivity contribution is -0.140. The van der Waals surface area contributed by atoms with Gasteiger partial charge in [0.15, 0.2) is 0 Å². The lowest BCUT2D eigenvalue weighted by Gasteiger charge is -2.29. The van der Waals surface area contributed by atoms with Crippen LogP contribution >= 0.6 is 23.4 Å². The third-order valence-electron chi connectivity index (χ3n) is 3.81. The smallest absolute Gasteiger partial charge is 0.336 e. The Bertz CT molecular complexity index is 768. The van der Waals surface area contributed by atoms with Crippen LogP contribution in [0.5, 0.6) is 0 Å². The molecule has 1 heterocycles. The number of nitriles is 1. The molecule has 7 heteroatoms. The van der Waals surface area contributed by atoms with Crippen molar-refractivity contribution in [2.75, 3.05) is 26.6 Å². The van der Waals surface area contributed by atoms with E-state index in [4.69, 9.17) is 21.1 Å². The van der Waals surface area contributed by atoms with Gasteiger partial charge in [-0.05, 0) is 24.8 Å². The number of thioether (sulfide) groups is 1. The van der Waals surface area contributed by atoms with Crippen molar-refractivity contribution in [2.45, 2.75) is 12.8 Å². The molecule has 1 atom stereocenters. The number of carbonyl (C=O) groups excluding carboxylic acids is 1. The van der Waals surface area contributed by atoms with Gasteiger partial charge in [0.25, 0.3) is 0 Å². The summed E-state index contributed by atoms with van der Waals surface area (Å²) in [5.41, 5.74) is 2.19. The monoisotopic (exact) mass is 378 g/mol. The summed E-state index contributed by atoms with van der Waals surface area (Å²) < 4.78 is 10.2. The van der Waals surface area contributed by atoms with Gasteiger partial charge in [0.1, 0.15) is 6.61 Å². The Morgan fingerprint density at radius 2 is 2.12 bits per heavy atom. The molecule has 0 radical (unpaired) electrons. The second kappa shape index (κ2) is 8.95. The first kappa shape index (κ1) is 19.4. The molecule has 0 aromatic heterocycles. The molecule has 132 valence electrons. The Morgan fingerprint density at radius 3 is 2.72 bits per heavy atom. The standard InChI is InChI=1S/C18H19ClN2O3S/c1-11-15(18(22)24-9-8-23-2)16(12-6-4-5-7-14(12)19)13(10-20)17(21-11)25-3/h4-7,16,21H,8-9H2,1-3H3/t16-/m1/s1. The summed E-state index contributed by atoms with van der Waals surface area (Å²) in [6.07, 6.45) is 1.87. The largest absolute Gasteiger partial charge is 0.460 e. The topological polar surface area (TPSA) is 71.3 Å². The molecule has 0 saturated carbocycles. The average molecular weight is 379 g/mol. The summed E-state index contributed by atoms with van der Waals surface area (Å²) in [6.45, 7) is 2.24. The maximum Gasteiger partial charge on any atom is 0.336 e. The van der Waals surface area contributed by atoms with E-state index in [2.05, 4.69) is 11.4 Å². The first-order chi connectivity index (χ1) is 12.0. The number of allylic oxidation sites excluding steroid dienone is 2. The van der Waals surface area contributed by atoms with E-state index in [1.165, 1.54) is 18.9 Å². The quantitative estimate of drug-likeness (QED) is 0.602. The molecule has 0 fully saturated rings. The van der Waals surface area contributed by atoms with E-state index in [0.29, 0.717) is 39.1 Å². The Kier molecular flexibility index (Phi) is 6.94. The summed E-state index contributed by atoms with van der Waals surface area (Å²) in [4.78, 5) is 12.7. The number of rotatable bonds is 6. The minimum atomic E-state index is -0.572. The van der Waals surface area contributed by atoms with Gasteiger partial charge in [-0.3, -0.25) is 0 Å². The molecule has 1 aliphatic heterocycles. The number of carbonyl (C=O) groups is 1. The van der Waals surface area contributed by atoms with E-state index in [1.807, 2.05) is 24.5 Å². The number of methoxy groups -OCH3 is 1. The normalized spacial score (nSPS) is 17.2. The predicted octanol–water partition coefficient (Wildman–Crippen LogP) is 3.59. The Morgan fingerprint density at radius 1 is 1.40 bits per heavy atom. The molecular formula is C18H19ClN2O3S. The number of esters is 1. The summed E-state index contributed by atoms with van der Waals surface area (Å²) in [5, 5.41) is 14.1. The third-order valence-corrected chi connectivity index (χ3v) is 4.88. The lowest BCUT2D eigenvalue weighted by Crippen LogP contribution is -2.29. The van der Waals surface area contributed by atoms with Crippen molar-refractivity contribution in [1.82, 2.24) is 5.32 Å². The maximum atomic E-state index is 12.7. The van der Waals surface area contributed by atoms with Crippen molar-refractivity contribution in [3.05, 3.63) is 56.7 Å². The van der Waals surface area contributed by atoms with Crippen LogP contribution in [0.15, 0.2) is 46.1 Å². The van der Waals surface area contributed by atoms with Crippen LogP contribution < -0.4 is 5.32 Å². The average Bonchev–Trinajstić information content (AvgIpc) is 2.61. The Labute approximate surface area is 156 Å². The molecule has 0 amide bonds. The van der Waals surface area contributed by atoms with E-state index in [-0.39, 0.29) is 6.61 Å². The molecule has 1 aromatic carbocycles. The van der Waals surface area contributed by atoms with Gasteiger partial charge in [-0.25, -0.2) is 4.79 Å². The first-order valence-corrected chi connectivity index (χ1v) is 9.21. The molecule has 1 N–H and O–H groups in total. The predicted molar refractivity (Wildman–Crippen MR) is 99.0 cm³/mol. The van der Waals surface area contributed by atoms with E-state index in [9.17, 15) is 10.1 Å². The zero-order valence-electron chi connectivity index (χ0n) is 14.3. The zero-order chi connectivity index (χ0) is 18.4.